The minimum Gasteiger partial charge on any atom is -0.488 e. The Labute approximate surface area is 207 Å². The summed E-state index contributed by atoms with van der Waals surface area (Å²) in [6, 6.07) is 10.2. The summed E-state index contributed by atoms with van der Waals surface area (Å²) in [5, 5.41) is 25.1. The van der Waals surface area contributed by atoms with Crippen molar-refractivity contribution in [1.82, 2.24) is 14.8 Å². The van der Waals surface area contributed by atoms with Gasteiger partial charge in [0.15, 0.2) is 0 Å². The second kappa shape index (κ2) is 10.4. The maximum atomic E-state index is 13.1. The summed E-state index contributed by atoms with van der Waals surface area (Å²) < 4.78 is 44.3. The fourth-order valence-corrected chi connectivity index (χ4v) is 3.99. The number of aliphatic hydroxyl groups excluding tert-OH is 1. The zero-order valence-corrected chi connectivity index (χ0v) is 20.6. The SMILES string of the molecule is CCOc1c(C)c(-c2ccc(OCc3c(OC(F)F)cccc3N3N=NN(C)C3O)c(C)c2)nn1C. The van der Waals surface area contributed by atoms with Crippen LogP contribution in [-0.4, -0.2) is 46.5 Å². The lowest BCUT2D eigenvalue weighted by atomic mass is 10.1. The normalized spacial score (nSPS) is 15.2. The quantitative estimate of drug-likeness (QED) is 0.457. The van der Waals surface area contributed by atoms with Gasteiger partial charge in [0.05, 0.1) is 23.6 Å². The predicted molar refractivity (Wildman–Crippen MR) is 128 cm³/mol. The molecule has 36 heavy (non-hydrogen) atoms. The molecule has 1 aliphatic heterocycles. The molecule has 10 nitrogen and oxygen atoms in total. The molecule has 1 atom stereocenters. The molecule has 192 valence electrons. The predicted octanol–water partition coefficient (Wildman–Crippen LogP) is 4.59. The minimum atomic E-state index is -3.03. The standard InChI is InChI=1S/C24H28F2N6O4/c1-6-34-22-15(3)21(27-30(22)4)16-10-11-19(14(2)12-16)35-13-17-18(32-24(33)31(5)28-29-32)8-7-9-20(17)36-23(25)26/h7-12,23-24,33H,6,13H2,1-5H3. The van der Waals surface area contributed by atoms with Crippen molar-refractivity contribution in [1.29, 1.82) is 0 Å². The average Bonchev–Trinajstić information content (AvgIpc) is 3.31. The summed E-state index contributed by atoms with van der Waals surface area (Å²) in [7, 11) is 3.37. The van der Waals surface area contributed by atoms with Crippen molar-refractivity contribution in [3.8, 4) is 28.6 Å². The van der Waals surface area contributed by atoms with Gasteiger partial charge in [0.1, 0.15) is 18.1 Å². The molecule has 0 radical (unpaired) electrons. The third kappa shape index (κ3) is 4.89. The van der Waals surface area contributed by atoms with Gasteiger partial charge in [-0.3, -0.25) is 0 Å². The molecule has 1 aromatic heterocycles. The van der Waals surface area contributed by atoms with Gasteiger partial charge in [-0.2, -0.15) is 18.9 Å². The zero-order valence-electron chi connectivity index (χ0n) is 20.6. The topological polar surface area (TPSA) is 96.9 Å². The Morgan fingerprint density at radius 1 is 1.06 bits per heavy atom. The van der Waals surface area contributed by atoms with Crippen LogP contribution in [0.5, 0.6) is 17.4 Å². The molecule has 1 N–H and O–H groups in total. The van der Waals surface area contributed by atoms with E-state index in [9.17, 15) is 13.9 Å². The lowest BCUT2D eigenvalue weighted by Crippen LogP contribution is -2.36. The third-order valence-electron chi connectivity index (χ3n) is 5.72. The molecule has 0 aliphatic carbocycles. The Balaban J connectivity index is 1.61. The van der Waals surface area contributed by atoms with Gasteiger partial charge in [-0.05, 0) is 67.1 Å². The van der Waals surface area contributed by atoms with Crippen molar-refractivity contribution in [3.63, 3.8) is 0 Å². The Morgan fingerprint density at radius 3 is 2.47 bits per heavy atom. The number of hydrogen-bond donors (Lipinski definition) is 1. The van der Waals surface area contributed by atoms with Crippen molar-refractivity contribution in [2.75, 3.05) is 18.7 Å². The number of aryl methyl sites for hydroxylation is 2. The van der Waals surface area contributed by atoms with Crippen LogP contribution in [0.15, 0.2) is 46.8 Å². The molecule has 0 bridgehead atoms. The lowest BCUT2D eigenvalue weighted by molar-refractivity contribution is -0.0508. The summed E-state index contributed by atoms with van der Waals surface area (Å²) in [6.45, 7) is 3.15. The first-order valence-electron chi connectivity index (χ1n) is 11.3. The molecular formula is C24H28F2N6O4. The molecule has 1 aliphatic rings. The Hall–Kier alpha value is -3.93. The number of ether oxygens (including phenoxy) is 3. The van der Waals surface area contributed by atoms with Gasteiger partial charge in [-0.25, -0.2) is 9.69 Å². The number of aromatic nitrogens is 2. The molecule has 0 spiro atoms. The number of anilines is 1. The fraction of sp³-hybridized carbons (Fsp3) is 0.375. The summed E-state index contributed by atoms with van der Waals surface area (Å²) in [5.41, 5.74) is 4.06. The van der Waals surface area contributed by atoms with Crippen molar-refractivity contribution < 1.29 is 28.1 Å². The van der Waals surface area contributed by atoms with Gasteiger partial charge in [-0.1, -0.05) is 6.07 Å². The number of hydrogen-bond acceptors (Lipinski definition) is 9. The molecule has 3 aromatic rings. The maximum Gasteiger partial charge on any atom is 0.387 e. The highest BCUT2D eigenvalue weighted by molar-refractivity contribution is 5.67. The number of nitrogens with zero attached hydrogens (tertiary/aromatic N) is 6. The Kier molecular flexibility index (Phi) is 7.25. The van der Waals surface area contributed by atoms with Crippen molar-refractivity contribution in [2.24, 2.45) is 17.5 Å². The highest BCUT2D eigenvalue weighted by Crippen LogP contribution is 2.36. The van der Waals surface area contributed by atoms with E-state index < -0.39 is 13.0 Å². The first-order chi connectivity index (χ1) is 17.2. The van der Waals surface area contributed by atoms with Crippen molar-refractivity contribution in [3.05, 3.63) is 53.1 Å². The third-order valence-corrected chi connectivity index (χ3v) is 5.72. The van der Waals surface area contributed by atoms with Crippen LogP contribution in [-0.2, 0) is 13.7 Å². The Bertz CT molecular complexity index is 1270. The first kappa shape index (κ1) is 25.2. The van der Waals surface area contributed by atoms with Crippen molar-refractivity contribution >= 4 is 5.69 Å². The van der Waals surface area contributed by atoms with Crippen LogP contribution in [0.3, 0.4) is 0 Å². The Morgan fingerprint density at radius 2 is 1.83 bits per heavy atom. The largest absolute Gasteiger partial charge is 0.488 e. The van der Waals surface area contributed by atoms with Crippen LogP contribution in [0, 0.1) is 13.8 Å². The smallest absolute Gasteiger partial charge is 0.387 e. The first-order valence-corrected chi connectivity index (χ1v) is 11.3. The number of alkyl halides is 2. The molecule has 4 rings (SSSR count). The molecule has 0 amide bonds. The van der Waals surface area contributed by atoms with Gasteiger partial charge >= 0.3 is 6.61 Å². The maximum absolute atomic E-state index is 13.1. The van der Waals surface area contributed by atoms with Gasteiger partial charge in [0, 0.05) is 25.2 Å². The molecular weight excluding hydrogens is 474 g/mol. The van der Waals surface area contributed by atoms with E-state index in [1.54, 1.807) is 16.8 Å². The molecule has 1 unspecified atom stereocenters. The summed E-state index contributed by atoms with van der Waals surface area (Å²) in [4.78, 5) is 0. The van der Waals surface area contributed by atoms with Crippen molar-refractivity contribution in [2.45, 2.75) is 40.3 Å². The van der Waals surface area contributed by atoms with Crippen LogP contribution in [0.25, 0.3) is 11.3 Å². The highest BCUT2D eigenvalue weighted by Gasteiger charge is 2.29. The highest BCUT2D eigenvalue weighted by atomic mass is 19.3. The molecule has 0 fully saturated rings. The molecule has 2 aromatic carbocycles. The van der Waals surface area contributed by atoms with Gasteiger partial charge < -0.3 is 19.3 Å². The van der Waals surface area contributed by atoms with E-state index in [2.05, 4.69) is 15.5 Å². The molecule has 12 heteroatoms. The number of halogens is 2. The average molecular weight is 503 g/mol. The van der Waals surface area contributed by atoms with E-state index in [-0.39, 0.29) is 17.9 Å². The van der Waals surface area contributed by atoms with E-state index in [4.69, 9.17) is 14.2 Å². The summed E-state index contributed by atoms with van der Waals surface area (Å²) >= 11 is 0. The second-order valence-electron chi connectivity index (χ2n) is 8.18. The second-order valence-corrected chi connectivity index (χ2v) is 8.18. The minimum absolute atomic E-state index is 0.0821. The fourth-order valence-electron chi connectivity index (χ4n) is 3.99. The monoisotopic (exact) mass is 502 g/mol. The van der Waals surface area contributed by atoms with Crippen LogP contribution < -0.4 is 19.2 Å². The summed E-state index contributed by atoms with van der Waals surface area (Å²) in [6.07, 6.45) is -1.20. The van der Waals surface area contributed by atoms with Crippen LogP contribution in [0.2, 0.25) is 0 Å². The number of aliphatic hydroxyl groups is 1. The van der Waals surface area contributed by atoms with Crippen LogP contribution >= 0.6 is 0 Å². The van der Waals surface area contributed by atoms with Gasteiger partial charge in [-0.15, -0.1) is 0 Å². The lowest BCUT2D eigenvalue weighted by Gasteiger charge is -2.24. The van der Waals surface area contributed by atoms with E-state index in [1.807, 2.05) is 40.0 Å². The van der Waals surface area contributed by atoms with Gasteiger partial charge in [0.2, 0.25) is 12.2 Å². The molecule has 2 heterocycles. The van der Waals surface area contributed by atoms with E-state index in [0.717, 1.165) is 22.4 Å². The molecule has 0 saturated heterocycles. The van der Waals surface area contributed by atoms with E-state index in [1.165, 1.54) is 29.2 Å². The number of benzene rings is 2. The number of rotatable bonds is 9. The van der Waals surface area contributed by atoms with E-state index >= 15 is 0 Å². The van der Waals surface area contributed by atoms with E-state index in [0.29, 0.717) is 23.9 Å². The van der Waals surface area contributed by atoms with Gasteiger partial charge in [0.25, 0.3) is 0 Å². The van der Waals surface area contributed by atoms with Crippen LogP contribution in [0.1, 0.15) is 23.6 Å². The summed E-state index contributed by atoms with van der Waals surface area (Å²) in [5.74, 6) is 1.18. The molecule has 0 saturated carbocycles. The van der Waals surface area contributed by atoms with Crippen LogP contribution in [0.4, 0.5) is 14.5 Å². The zero-order chi connectivity index (χ0) is 26.0.